The van der Waals surface area contributed by atoms with Gasteiger partial charge in [-0.1, -0.05) is 6.42 Å². The molecule has 1 saturated carbocycles. The Bertz CT molecular complexity index is 423. The molecule has 0 aliphatic heterocycles. The molecule has 0 bridgehead atoms. The van der Waals surface area contributed by atoms with Crippen LogP contribution in [-0.2, 0) is 9.53 Å². The van der Waals surface area contributed by atoms with E-state index in [1.807, 2.05) is 20.8 Å². The van der Waals surface area contributed by atoms with Crippen molar-refractivity contribution in [1.82, 2.24) is 16.0 Å². The number of nitrogens with zero attached hydrogens (tertiary/aromatic N) is 1. The SMILES string of the molecule is CCNC(=O)C(C)(C)CN=C(NCC)NCC1(CCOC)CCC1.I. The van der Waals surface area contributed by atoms with E-state index in [4.69, 9.17) is 4.74 Å². The predicted octanol–water partition coefficient (Wildman–Crippen LogP) is 2.53. The Hall–Kier alpha value is -0.570. The Labute approximate surface area is 170 Å². The number of rotatable bonds is 10. The molecular weight excluding hydrogens is 431 g/mol. The number of aliphatic imine (C=N–C) groups is 1. The van der Waals surface area contributed by atoms with Crippen molar-refractivity contribution in [3.63, 3.8) is 0 Å². The maximum Gasteiger partial charge on any atom is 0.227 e. The Morgan fingerprint density at radius 2 is 1.80 bits per heavy atom. The predicted molar refractivity (Wildman–Crippen MR) is 115 cm³/mol. The van der Waals surface area contributed by atoms with Crippen molar-refractivity contribution in [1.29, 1.82) is 0 Å². The minimum atomic E-state index is -0.511. The molecule has 1 aliphatic rings. The van der Waals surface area contributed by atoms with Gasteiger partial charge in [0.2, 0.25) is 5.91 Å². The zero-order valence-electron chi connectivity index (χ0n) is 16.5. The van der Waals surface area contributed by atoms with E-state index in [1.165, 1.54) is 19.3 Å². The molecule has 6 nitrogen and oxygen atoms in total. The molecule has 148 valence electrons. The first kappa shape index (κ1) is 24.4. The van der Waals surface area contributed by atoms with E-state index in [0.29, 0.717) is 18.5 Å². The number of amides is 1. The standard InChI is InChI=1S/C18H36N4O2.HI/c1-6-19-15(23)17(3,4)13-21-16(20-7-2)22-14-18(9-8-10-18)11-12-24-5;/h6-14H2,1-5H3,(H,19,23)(H2,20,21,22);1H. The van der Waals surface area contributed by atoms with E-state index in [9.17, 15) is 4.79 Å². The molecule has 0 radical (unpaired) electrons. The van der Waals surface area contributed by atoms with Gasteiger partial charge in [0.15, 0.2) is 5.96 Å². The number of carbonyl (C=O) groups is 1. The summed E-state index contributed by atoms with van der Waals surface area (Å²) in [6, 6.07) is 0. The van der Waals surface area contributed by atoms with Crippen LogP contribution in [-0.4, -0.2) is 51.8 Å². The molecule has 0 atom stereocenters. The first-order chi connectivity index (χ1) is 11.4. The number of ether oxygens (including phenoxy) is 1. The van der Waals surface area contributed by atoms with Crippen molar-refractivity contribution >= 4 is 35.8 Å². The molecule has 0 heterocycles. The molecule has 0 aromatic carbocycles. The summed E-state index contributed by atoms with van der Waals surface area (Å²) in [4.78, 5) is 16.7. The molecule has 1 amide bonds. The van der Waals surface area contributed by atoms with Crippen LogP contribution in [0.1, 0.15) is 53.4 Å². The largest absolute Gasteiger partial charge is 0.385 e. The summed E-state index contributed by atoms with van der Waals surface area (Å²) < 4.78 is 5.25. The lowest BCUT2D eigenvalue weighted by Gasteiger charge is -2.42. The van der Waals surface area contributed by atoms with Crippen molar-refractivity contribution in [2.24, 2.45) is 15.8 Å². The molecule has 0 aromatic rings. The minimum Gasteiger partial charge on any atom is -0.385 e. The highest BCUT2D eigenvalue weighted by molar-refractivity contribution is 14.0. The highest BCUT2D eigenvalue weighted by Crippen LogP contribution is 2.43. The number of carbonyl (C=O) groups excluding carboxylic acids is 1. The van der Waals surface area contributed by atoms with Crippen LogP contribution in [0.4, 0.5) is 0 Å². The van der Waals surface area contributed by atoms with E-state index in [2.05, 4.69) is 27.9 Å². The van der Waals surface area contributed by atoms with Gasteiger partial charge in [-0.15, -0.1) is 24.0 Å². The van der Waals surface area contributed by atoms with Crippen LogP contribution < -0.4 is 16.0 Å². The third kappa shape index (κ3) is 8.11. The number of methoxy groups -OCH3 is 1. The molecule has 3 N–H and O–H groups in total. The van der Waals surface area contributed by atoms with Crippen LogP contribution in [0.15, 0.2) is 4.99 Å². The third-order valence-corrected chi connectivity index (χ3v) is 4.81. The number of nitrogens with one attached hydrogen (secondary N) is 3. The second kappa shape index (κ2) is 11.9. The van der Waals surface area contributed by atoms with Crippen LogP contribution >= 0.6 is 24.0 Å². The van der Waals surface area contributed by atoms with E-state index < -0.39 is 5.41 Å². The van der Waals surface area contributed by atoms with E-state index in [-0.39, 0.29) is 29.9 Å². The third-order valence-electron chi connectivity index (χ3n) is 4.81. The summed E-state index contributed by atoms with van der Waals surface area (Å²) in [5, 5.41) is 9.62. The topological polar surface area (TPSA) is 74.8 Å². The Morgan fingerprint density at radius 1 is 1.16 bits per heavy atom. The van der Waals surface area contributed by atoms with Gasteiger partial charge in [-0.2, -0.15) is 0 Å². The van der Waals surface area contributed by atoms with Crippen LogP contribution in [0, 0.1) is 10.8 Å². The molecule has 7 heteroatoms. The summed E-state index contributed by atoms with van der Waals surface area (Å²) in [5.74, 6) is 0.832. The average Bonchev–Trinajstić information content (AvgIpc) is 2.51. The fourth-order valence-corrected chi connectivity index (χ4v) is 2.87. The molecule has 0 spiro atoms. The van der Waals surface area contributed by atoms with Gasteiger partial charge in [0.25, 0.3) is 0 Å². The van der Waals surface area contributed by atoms with Gasteiger partial charge in [-0.3, -0.25) is 9.79 Å². The molecular formula is C18H37IN4O2. The molecule has 1 aliphatic carbocycles. The smallest absolute Gasteiger partial charge is 0.227 e. The van der Waals surface area contributed by atoms with Crippen LogP contribution in [0.5, 0.6) is 0 Å². The fourth-order valence-electron chi connectivity index (χ4n) is 2.87. The summed E-state index contributed by atoms with van der Waals surface area (Å²) >= 11 is 0. The summed E-state index contributed by atoms with van der Waals surface area (Å²) in [5.41, 5.74) is -0.177. The van der Waals surface area contributed by atoms with Crippen LogP contribution in [0.3, 0.4) is 0 Å². The molecule has 0 aromatic heterocycles. The van der Waals surface area contributed by atoms with E-state index >= 15 is 0 Å². The molecule has 0 saturated heterocycles. The zero-order chi connectivity index (χ0) is 18.1. The second-order valence-corrected chi connectivity index (χ2v) is 7.39. The summed E-state index contributed by atoms with van der Waals surface area (Å²) in [6.45, 7) is 11.5. The normalized spacial score (nSPS) is 16.4. The lowest BCUT2D eigenvalue weighted by molar-refractivity contribution is -0.128. The number of guanidine groups is 1. The van der Waals surface area contributed by atoms with E-state index in [0.717, 1.165) is 32.1 Å². The maximum absolute atomic E-state index is 12.1. The first-order valence-corrected chi connectivity index (χ1v) is 9.18. The van der Waals surface area contributed by atoms with Crippen molar-refractivity contribution in [3.8, 4) is 0 Å². The Kier molecular flexibility index (Phi) is 11.7. The fraction of sp³-hybridized carbons (Fsp3) is 0.889. The summed E-state index contributed by atoms with van der Waals surface area (Å²) in [6.07, 6.45) is 4.87. The van der Waals surface area contributed by atoms with Crippen LogP contribution in [0.25, 0.3) is 0 Å². The van der Waals surface area contributed by atoms with Crippen LogP contribution in [0.2, 0.25) is 0 Å². The lowest BCUT2D eigenvalue weighted by atomic mass is 9.67. The highest BCUT2D eigenvalue weighted by atomic mass is 127. The lowest BCUT2D eigenvalue weighted by Crippen LogP contribution is -2.47. The number of halogens is 1. The van der Waals surface area contributed by atoms with Gasteiger partial charge in [0, 0.05) is 33.4 Å². The number of hydrogen-bond acceptors (Lipinski definition) is 3. The molecule has 0 unspecified atom stereocenters. The minimum absolute atomic E-state index is 0. The van der Waals surface area contributed by atoms with E-state index in [1.54, 1.807) is 7.11 Å². The van der Waals surface area contributed by atoms with Gasteiger partial charge in [0.05, 0.1) is 12.0 Å². The highest BCUT2D eigenvalue weighted by Gasteiger charge is 2.36. The zero-order valence-corrected chi connectivity index (χ0v) is 18.9. The second-order valence-electron chi connectivity index (χ2n) is 7.39. The quantitative estimate of drug-likeness (QED) is 0.262. The monoisotopic (exact) mass is 468 g/mol. The Morgan fingerprint density at radius 3 is 2.28 bits per heavy atom. The Balaban J connectivity index is 0.00000576. The van der Waals surface area contributed by atoms with Gasteiger partial charge < -0.3 is 20.7 Å². The molecule has 25 heavy (non-hydrogen) atoms. The van der Waals surface area contributed by atoms with Crippen molar-refractivity contribution in [2.45, 2.75) is 53.4 Å². The van der Waals surface area contributed by atoms with Gasteiger partial charge >= 0.3 is 0 Å². The van der Waals surface area contributed by atoms with Gasteiger partial charge in [0.1, 0.15) is 0 Å². The van der Waals surface area contributed by atoms with Gasteiger partial charge in [-0.05, 0) is 52.4 Å². The van der Waals surface area contributed by atoms with Crippen molar-refractivity contribution in [2.75, 3.05) is 39.9 Å². The average molecular weight is 468 g/mol. The molecule has 1 rings (SSSR count). The van der Waals surface area contributed by atoms with Gasteiger partial charge in [-0.25, -0.2) is 0 Å². The summed E-state index contributed by atoms with van der Waals surface area (Å²) in [7, 11) is 1.76. The maximum atomic E-state index is 12.1. The molecule has 1 fully saturated rings. The van der Waals surface area contributed by atoms with Crippen molar-refractivity contribution < 1.29 is 9.53 Å². The van der Waals surface area contributed by atoms with Crippen molar-refractivity contribution in [3.05, 3.63) is 0 Å². The first-order valence-electron chi connectivity index (χ1n) is 9.18. The number of hydrogen-bond donors (Lipinski definition) is 3.